The standard InChI is InChI=1S/C20H25N7O3/c1-5-15(28)30-10-6-9-21-17-25-16(20(2,3)4)26-18(27-17)22-12-7-8-13-14(11-12)24-19(29)23-13/h5,7-8,11H,1,6,9-10H2,2-4H3,(H2,23,24,29)(H2,21,22,25,26,27). The summed E-state index contributed by atoms with van der Waals surface area (Å²) in [5, 5.41) is 6.30. The van der Waals surface area contributed by atoms with Crippen LogP contribution in [0.3, 0.4) is 0 Å². The van der Waals surface area contributed by atoms with E-state index in [2.05, 4.69) is 42.1 Å². The first-order chi connectivity index (χ1) is 14.2. The van der Waals surface area contributed by atoms with Crippen molar-refractivity contribution in [2.24, 2.45) is 0 Å². The van der Waals surface area contributed by atoms with Crippen molar-refractivity contribution in [3.8, 4) is 0 Å². The van der Waals surface area contributed by atoms with Crippen molar-refractivity contribution >= 4 is 34.6 Å². The van der Waals surface area contributed by atoms with Crippen LogP contribution in [-0.4, -0.2) is 44.0 Å². The average molecular weight is 411 g/mol. The Morgan fingerprint density at radius 3 is 2.63 bits per heavy atom. The molecular formula is C20H25N7O3. The minimum Gasteiger partial charge on any atom is -0.462 e. The van der Waals surface area contributed by atoms with E-state index in [9.17, 15) is 9.59 Å². The topological polar surface area (TPSA) is 138 Å². The predicted octanol–water partition coefficient (Wildman–Crippen LogP) is 2.61. The van der Waals surface area contributed by atoms with Crippen molar-refractivity contribution in [3.63, 3.8) is 0 Å². The van der Waals surface area contributed by atoms with Crippen LogP contribution < -0.4 is 16.3 Å². The Kier molecular flexibility index (Phi) is 6.14. The van der Waals surface area contributed by atoms with Crippen LogP contribution in [-0.2, 0) is 14.9 Å². The molecular weight excluding hydrogens is 386 g/mol. The highest BCUT2D eigenvalue weighted by atomic mass is 16.5. The van der Waals surface area contributed by atoms with E-state index >= 15 is 0 Å². The molecule has 0 saturated heterocycles. The van der Waals surface area contributed by atoms with Crippen molar-refractivity contribution in [1.82, 2.24) is 24.9 Å². The maximum atomic E-state index is 11.5. The summed E-state index contributed by atoms with van der Waals surface area (Å²) in [5.74, 6) is 0.977. The molecule has 0 aliphatic heterocycles. The Balaban J connectivity index is 1.75. The van der Waals surface area contributed by atoms with Crippen molar-refractivity contribution in [3.05, 3.63) is 47.2 Å². The number of aromatic nitrogens is 5. The van der Waals surface area contributed by atoms with E-state index in [1.54, 1.807) is 12.1 Å². The summed E-state index contributed by atoms with van der Waals surface area (Å²) < 4.78 is 4.96. The van der Waals surface area contributed by atoms with Crippen LogP contribution >= 0.6 is 0 Å². The number of benzene rings is 1. The molecule has 0 aliphatic rings. The normalized spacial score (nSPS) is 11.3. The first-order valence-electron chi connectivity index (χ1n) is 9.53. The first-order valence-corrected chi connectivity index (χ1v) is 9.53. The van der Waals surface area contributed by atoms with E-state index in [1.165, 1.54) is 0 Å². The molecule has 1 aromatic carbocycles. The molecule has 30 heavy (non-hydrogen) atoms. The molecule has 0 unspecified atom stereocenters. The van der Waals surface area contributed by atoms with Crippen LogP contribution in [0, 0.1) is 0 Å². The number of carbonyl (C=O) groups excluding carboxylic acids is 1. The van der Waals surface area contributed by atoms with Gasteiger partial charge in [0.25, 0.3) is 0 Å². The third kappa shape index (κ3) is 5.43. The van der Waals surface area contributed by atoms with Gasteiger partial charge < -0.3 is 25.3 Å². The lowest BCUT2D eigenvalue weighted by molar-refractivity contribution is -0.137. The van der Waals surface area contributed by atoms with Gasteiger partial charge in [-0.25, -0.2) is 9.59 Å². The Hall–Kier alpha value is -3.69. The monoisotopic (exact) mass is 411 g/mol. The smallest absolute Gasteiger partial charge is 0.330 e. The van der Waals surface area contributed by atoms with Crippen LogP contribution in [0.2, 0.25) is 0 Å². The van der Waals surface area contributed by atoms with E-state index in [4.69, 9.17) is 4.74 Å². The number of nitrogens with one attached hydrogen (secondary N) is 4. The maximum absolute atomic E-state index is 11.5. The van der Waals surface area contributed by atoms with Gasteiger partial charge in [0.2, 0.25) is 11.9 Å². The largest absolute Gasteiger partial charge is 0.462 e. The molecule has 158 valence electrons. The molecule has 0 spiro atoms. The number of hydrogen-bond acceptors (Lipinski definition) is 8. The molecule has 0 bridgehead atoms. The third-order valence-electron chi connectivity index (χ3n) is 4.09. The van der Waals surface area contributed by atoms with Gasteiger partial charge in [0.05, 0.1) is 17.6 Å². The first kappa shape index (κ1) is 21.0. The molecule has 0 atom stereocenters. The quantitative estimate of drug-likeness (QED) is 0.252. The number of aromatic amines is 2. The van der Waals surface area contributed by atoms with Crippen molar-refractivity contribution < 1.29 is 9.53 Å². The summed E-state index contributed by atoms with van der Waals surface area (Å²) in [5.41, 5.74) is 1.58. The van der Waals surface area contributed by atoms with Gasteiger partial charge in [0, 0.05) is 23.7 Å². The van der Waals surface area contributed by atoms with Crippen molar-refractivity contribution in [1.29, 1.82) is 0 Å². The van der Waals surface area contributed by atoms with E-state index in [0.717, 1.165) is 17.3 Å². The van der Waals surface area contributed by atoms with Crippen LogP contribution in [0.15, 0.2) is 35.6 Å². The summed E-state index contributed by atoms with van der Waals surface area (Å²) in [7, 11) is 0. The zero-order valence-electron chi connectivity index (χ0n) is 17.2. The molecule has 3 rings (SSSR count). The zero-order chi connectivity index (χ0) is 21.7. The number of carbonyl (C=O) groups is 1. The summed E-state index contributed by atoms with van der Waals surface area (Å²) in [6.45, 7) is 10.2. The molecule has 2 heterocycles. The summed E-state index contributed by atoms with van der Waals surface area (Å²) in [6.07, 6.45) is 1.73. The van der Waals surface area contributed by atoms with Gasteiger partial charge in [-0.05, 0) is 24.6 Å². The molecule has 3 aromatic rings. The van der Waals surface area contributed by atoms with Gasteiger partial charge >= 0.3 is 11.7 Å². The van der Waals surface area contributed by atoms with Gasteiger partial charge in [-0.2, -0.15) is 15.0 Å². The SMILES string of the molecule is C=CC(=O)OCCCNc1nc(Nc2ccc3[nH]c(=O)[nH]c3c2)nc(C(C)(C)C)n1. The second-order valence-electron chi connectivity index (χ2n) is 7.67. The van der Waals surface area contributed by atoms with E-state index < -0.39 is 5.97 Å². The highest BCUT2D eigenvalue weighted by Gasteiger charge is 2.20. The second kappa shape index (κ2) is 8.76. The molecule has 0 amide bonds. The Morgan fingerprint density at radius 1 is 1.17 bits per heavy atom. The van der Waals surface area contributed by atoms with E-state index in [-0.39, 0.29) is 17.7 Å². The molecule has 0 saturated carbocycles. The van der Waals surface area contributed by atoms with Gasteiger partial charge in [0.1, 0.15) is 5.82 Å². The predicted molar refractivity (Wildman–Crippen MR) is 115 cm³/mol. The van der Waals surface area contributed by atoms with Gasteiger partial charge in [0.15, 0.2) is 0 Å². The zero-order valence-corrected chi connectivity index (χ0v) is 17.2. The Bertz CT molecular complexity index is 1110. The molecule has 2 aromatic heterocycles. The number of esters is 1. The lowest BCUT2D eigenvalue weighted by Crippen LogP contribution is -2.20. The third-order valence-corrected chi connectivity index (χ3v) is 4.09. The minimum atomic E-state index is -0.447. The van der Waals surface area contributed by atoms with E-state index in [1.807, 2.05) is 26.8 Å². The van der Waals surface area contributed by atoms with E-state index in [0.29, 0.717) is 36.2 Å². The number of ether oxygens (including phenoxy) is 1. The molecule has 10 nitrogen and oxygen atoms in total. The maximum Gasteiger partial charge on any atom is 0.330 e. The number of nitrogens with zero attached hydrogens (tertiary/aromatic N) is 3. The lowest BCUT2D eigenvalue weighted by Gasteiger charge is -2.18. The highest BCUT2D eigenvalue weighted by molar-refractivity contribution is 5.81. The number of H-pyrrole nitrogens is 2. The summed E-state index contributed by atoms with van der Waals surface area (Å²) in [6, 6.07) is 5.42. The van der Waals surface area contributed by atoms with Gasteiger partial charge in [-0.3, -0.25) is 0 Å². The summed E-state index contributed by atoms with van der Waals surface area (Å²) >= 11 is 0. The number of imidazole rings is 1. The van der Waals surface area contributed by atoms with Crippen LogP contribution in [0.1, 0.15) is 33.0 Å². The fourth-order valence-corrected chi connectivity index (χ4v) is 2.59. The number of hydrogen-bond donors (Lipinski definition) is 4. The molecule has 4 N–H and O–H groups in total. The minimum absolute atomic E-state index is 0.261. The molecule has 0 radical (unpaired) electrons. The Labute approximate surface area is 173 Å². The average Bonchev–Trinajstić information content (AvgIpc) is 3.06. The van der Waals surface area contributed by atoms with Gasteiger partial charge in [-0.15, -0.1) is 0 Å². The second-order valence-corrected chi connectivity index (χ2v) is 7.67. The molecule has 0 aliphatic carbocycles. The number of anilines is 3. The Morgan fingerprint density at radius 2 is 1.90 bits per heavy atom. The fraction of sp³-hybridized carbons (Fsp3) is 0.350. The molecule has 10 heteroatoms. The highest BCUT2D eigenvalue weighted by Crippen LogP contribution is 2.23. The van der Waals surface area contributed by atoms with Crippen LogP contribution in [0.25, 0.3) is 11.0 Å². The van der Waals surface area contributed by atoms with Crippen molar-refractivity contribution in [2.75, 3.05) is 23.8 Å². The fourth-order valence-electron chi connectivity index (χ4n) is 2.59. The number of fused-ring (bicyclic) bond motifs is 1. The molecule has 0 fully saturated rings. The van der Waals surface area contributed by atoms with Crippen molar-refractivity contribution in [2.45, 2.75) is 32.6 Å². The van der Waals surface area contributed by atoms with Gasteiger partial charge in [-0.1, -0.05) is 27.4 Å². The van der Waals surface area contributed by atoms with Crippen LogP contribution in [0.5, 0.6) is 0 Å². The number of rotatable bonds is 8. The lowest BCUT2D eigenvalue weighted by atomic mass is 9.96. The van der Waals surface area contributed by atoms with Crippen LogP contribution in [0.4, 0.5) is 17.6 Å². The summed E-state index contributed by atoms with van der Waals surface area (Å²) in [4.78, 5) is 41.4.